The van der Waals surface area contributed by atoms with Crippen LogP contribution in [0.25, 0.3) is 17.9 Å². The molecule has 2 rings (SSSR count). The van der Waals surface area contributed by atoms with Gasteiger partial charge in [0.05, 0.1) is 5.76 Å². The molecule has 0 fully saturated rings. The summed E-state index contributed by atoms with van der Waals surface area (Å²) in [5, 5.41) is 11.6. The standard InChI is InChI=1S/C17H15O.CH3.U/c1-13-8-6-7-11-16(13)17(18)12-14(2)15-9-4-3-5-10-15;;/h3-5,7-12,18H,1H2,2H3;1H3;/q2*-1;+2/b14-12+,17-16+;;. The Hall–Kier alpha value is -1.23. The van der Waals surface area contributed by atoms with Crippen molar-refractivity contribution < 1.29 is 36.2 Å². The molecule has 0 aromatic heterocycles. The molecule has 0 spiro atoms. The van der Waals surface area contributed by atoms with Crippen molar-refractivity contribution in [3.63, 3.8) is 0 Å². The molecule has 100 valence electrons. The fourth-order valence-electron chi connectivity index (χ4n) is 1.78. The largest absolute Gasteiger partial charge is 2.00 e. The van der Waals surface area contributed by atoms with E-state index in [1.807, 2.05) is 43.3 Å². The van der Waals surface area contributed by atoms with Gasteiger partial charge in [-0.05, 0) is 24.1 Å². The van der Waals surface area contributed by atoms with Gasteiger partial charge < -0.3 is 12.5 Å². The Morgan fingerprint density at radius 1 is 1.20 bits per heavy atom. The molecule has 0 aliphatic carbocycles. The van der Waals surface area contributed by atoms with E-state index in [1.54, 1.807) is 18.2 Å². The molecule has 20 heavy (non-hydrogen) atoms. The van der Waals surface area contributed by atoms with E-state index in [1.165, 1.54) is 0 Å². The molecule has 0 aliphatic heterocycles. The maximum atomic E-state index is 10.1. The van der Waals surface area contributed by atoms with Crippen LogP contribution >= 0.6 is 0 Å². The van der Waals surface area contributed by atoms with Crippen molar-refractivity contribution in [2.45, 2.75) is 6.92 Å². The van der Waals surface area contributed by atoms with Gasteiger partial charge in [0.1, 0.15) is 0 Å². The first-order valence-electron chi connectivity index (χ1n) is 5.80. The quantitative estimate of drug-likeness (QED) is 0.645. The molecule has 0 radical (unpaired) electrons. The second-order valence-electron chi connectivity index (χ2n) is 4.16. The molecule has 1 N–H and O–H groups in total. The van der Waals surface area contributed by atoms with E-state index >= 15 is 0 Å². The zero-order valence-electron chi connectivity index (χ0n) is 11.9. The van der Waals surface area contributed by atoms with Crippen molar-refractivity contribution in [2.75, 3.05) is 0 Å². The molecule has 2 aromatic rings. The van der Waals surface area contributed by atoms with Gasteiger partial charge in [0, 0.05) is 0 Å². The van der Waals surface area contributed by atoms with Gasteiger partial charge in [0.25, 0.3) is 0 Å². The number of hydrogen-bond acceptors (Lipinski definition) is 1. The van der Waals surface area contributed by atoms with Crippen LogP contribution in [0.3, 0.4) is 0 Å². The predicted molar refractivity (Wildman–Crippen MR) is 82.6 cm³/mol. The number of aliphatic hydroxyl groups excluding tert-OH is 1. The van der Waals surface area contributed by atoms with Gasteiger partial charge in [-0.15, -0.1) is 11.8 Å². The molecular formula is C18H18OU. The van der Waals surface area contributed by atoms with E-state index in [4.69, 9.17) is 0 Å². The zero-order chi connectivity index (χ0) is 13.0. The van der Waals surface area contributed by atoms with Crippen molar-refractivity contribution in [3.8, 4) is 0 Å². The predicted octanol–water partition coefficient (Wildman–Crippen LogP) is 3.12. The summed E-state index contributed by atoms with van der Waals surface area (Å²) in [4.78, 5) is 0. The smallest absolute Gasteiger partial charge is 0.510 e. The van der Waals surface area contributed by atoms with E-state index in [0.29, 0.717) is 0 Å². The van der Waals surface area contributed by atoms with Crippen molar-refractivity contribution in [1.29, 1.82) is 0 Å². The van der Waals surface area contributed by atoms with Gasteiger partial charge in [-0.1, -0.05) is 35.6 Å². The summed E-state index contributed by atoms with van der Waals surface area (Å²) >= 11 is 0. The first kappa shape index (κ1) is 18.8. The maximum absolute atomic E-state index is 10.1. The van der Waals surface area contributed by atoms with Crippen LogP contribution in [0.15, 0.2) is 54.6 Å². The third-order valence-electron chi connectivity index (χ3n) is 2.81. The van der Waals surface area contributed by atoms with Crippen LogP contribution in [-0.4, -0.2) is 5.11 Å². The first-order valence-corrected chi connectivity index (χ1v) is 5.80. The Bertz CT molecular complexity index is 672. The average molecular weight is 488 g/mol. The number of benzene rings is 2. The number of hydrogen-bond donors (Lipinski definition) is 1. The molecular weight excluding hydrogens is 470 g/mol. The van der Waals surface area contributed by atoms with Crippen molar-refractivity contribution in [2.24, 2.45) is 0 Å². The topological polar surface area (TPSA) is 20.2 Å². The molecule has 2 aromatic carbocycles. The van der Waals surface area contributed by atoms with Gasteiger partial charge in [-0.3, -0.25) is 0 Å². The molecule has 0 unspecified atom stereocenters. The zero-order valence-corrected chi connectivity index (χ0v) is 16.0. The molecule has 0 aliphatic rings. The molecule has 0 atom stereocenters. The number of allylic oxidation sites excluding steroid dienone is 1. The van der Waals surface area contributed by atoms with E-state index in [9.17, 15) is 5.11 Å². The van der Waals surface area contributed by atoms with Gasteiger partial charge in [0.2, 0.25) is 0 Å². The van der Waals surface area contributed by atoms with Gasteiger partial charge in [0.15, 0.2) is 0 Å². The normalized spacial score (nSPS) is 11.9. The van der Waals surface area contributed by atoms with Crippen LogP contribution in [0.2, 0.25) is 0 Å². The fraction of sp³-hybridized carbons (Fsp3) is 0.0556. The van der Waals surface area contributed by atoms with E-state index < -0.39 is 0 Å². The molecule has 0 heterocycles. The van der Waals surface area contributed by atoms with Crippen molar-refractivity contribution in [3.05, 3.63) is 84.1 Å². The SMILES string of the molecule is C=c1c[c-]cc/c1=C(O)/C=C(\C)c1ccccc1.[CH3-].[U+2]. The van der Waals surface area contributed by atoms with Crippen molar-refractivity contribution in [1.82, 2.24) is 0 Å². The second kappa shape index (κ2) is 8.85. The van der Waals surface area contributed by atoms with Gasteiger partial charge in [-0.25, -0.2) is 0 Å². The molecule has 2 heteroatoms. The number of rotatable bonds is 2. The Kier molecular flexibility index (Phi) is 8.30. The van der Waals surface area contributed by atoms with Crippen LogP contribution in [0.4, 0.5) is 0 Å². The molecule has 0 saturated heterocycles. The monoisotopic (exact) mass is 488 g/mol. The second-order valence-corrected chi connectivity index (χ2v) is 4.16. The minimum atomic E-state index is 0. The first-order chi connectivity index (χ1) is 8.68. The third-order valence-corrected chi connectivity index (χ3v) is 2.81. The molecule has 0 saturated carbocycles. The molecule has 0 bridgehead atoms. The van der Waals surface area contributed by atoms with Crippen molar-refractivity contribution >= 4 is 17.9 Å². The summed E-state index contributed by atoms with van der Waals surface area (Å²) in [5.74, 6) is 0.232. The third kappa shape index (κ3) is 4.71. The Morgan fingerprint density at radius 2 is 1.85 bits per heavy atom. The summed E-state index contributed by atoms with van der Waals surface area (Å²) in [6.45, 7) is 5.86. The summed E-state index contributed by atoms with van der Waals surface area (Å²) < 4.78 is 0. The summed E-state index contributed by atoms with van der Waals surface area (Å²) in [7, 11) is 0. The maximum Gasteiger partial charge on any atom is 2.00 e. The minimum absolute atomic E-state index is 0. The number of aliphatic hydroxyl groups is 1. The van der Waals surface area contributed by atoms with E-state index in [2.05, 4.69) is 12.6 Å². The van der Waals surface area contributed by atoms with Crippen LogP contribution in [-0.2, 0) is 0 Å². The van der Waals surface area contributed by atoms with Gasteiger partial charge in [-0.2, -0.15) is 24.3 Å². The van der Waals surface area contributed by atoms with Crippen LogP contribution in [0, 0.1) is 44.6 Å². The Morgan fingerprint density at radius 3 is 2.45 bits per heavy atom. The summed E-state index contributed by atoms with van der Waals surface area (Å²) in [5.41, 5.74) is 2.11. The van der Waals surface area contributed by atoms with Gasteiger partial charge >= 0.3 is 31.1 Å². The average Bonchev–Trinajstić information content (AvgIpc) is 2.40. The van der Waals surface area contributed by atoms with Crippen LogP contribution in [0.5, 0.6) is 0 Å². The molecule has 1 nitrogen and oxygen atoms in total. The summed E-state index contributed by atoms with van der Waals surface area (Å²) in [6, 6.07) is 18.2. The van der Waals surface area contributed by atoms with E-state index in [0.717, 1.165) is 21.6 Å². The molecule has 0 amide bonds. The Balaban J connectivity index is 0.00000180. The minimum Gasteiger partial charge on any atom is -0.510 e. The fourth-order valence-corrected chi connectivity index (χ4v) is 1.78. The van der Waals surface area contributed by atoms with Crippen LogP contribution in [0.1, 0.15) is 12.5 Å². The van der Waals surface area contributed by atoms with Crippen LogP contribution < -0.4 is 10.4 Å². The summed E-state index contributed by atoms with van der Waals surface area (Å²) in [6.07, 6.45) is 1.76. The van der Waals surface area contributed by atoms with E-state index in [-0.39, 0.29) is 44.3 Å². The Labute approximate surface area is 144 Å².